The van der Waals surface area contributed by atoms with Gasteiger partial charge in [0.15, 0.2) is 5.82 Å². The summed E-state index contributed by atoms with van der Waals surface area (Å²) in [7, 11) is 0. The quantitative estimate of drug-likeness (QED) is 0.813. The van der Waals surface area contributed by atoms with Crippen LogP contribution in [0.15, 0.2) is 28.9 Å². The number of hydrogen-bond donors (Lipinski definition) is 1. The summed E-state index contributed by atoms with van der Waals surface area (Å²) in [5.41, 5.74) is 3.09. The van der Waals surface area contributed by atoms with Gasteiger partial charge in [-0.3, -0.25) is 0 Å². The zero-order valence-corrected chi connectivity index (χ0v) is 14.8. The summed E-state index contributed by atoms with van der Waals surface area (Å²) in [6.45, 7) is 7.31. The van der Waals surface area contributed by atoms with Crippen LogP contribution in [0.3, 0.4) is 0 Å². The number of aromatic nitrogens is 2. The SMILES string of the molecule is CCCNC(C)c1cnc(-c2ccc(Cl)c(Br)c2)nc1C. The van der Waals surface area contributed by atoms with Crippen molar-refractivity contribution in [3.8, 4) is 11.4 Å². The van der Waals surface area contributed by atoms with Crippen molar-refractivity contribution in [1.29, 1.82) is 0 Å². The molecule has 2 rings (SSSR count). The van der Waals surface area contributed by atoms with E-state index in [9.17, 15) is 0 Å². The summed E-state index contributed by atoms with van der Waals surface area (Å²) in [6.07, 6.45) is 3.02. The fourth-order valence-corrected chi connectivity index (χ4v) is 2.64. The Bertz CT molecular complexity index is 631. The Labute approximate surface area is 139 Å². The topological polar surface area (TPSA) is 37.8 Å². The maximum Gasteiger partial charge on any atom is 0.159 e. The van der Waals surface area contributed by atoms with E-state index in [0.717, 1.165) is 40.1 Å². The van der Waals surface area contributed by atoms with E-state index < -0.39 is 0 Å². The molecule has 0 amide bonds. The summed E-state index contributed by atoms with van der Waals surface area (Å²) < 4.78 is 0.852. The minimum absolute atomic E-state index is 0.260. The lowest BCUT2D eigenvalue weighted by Crippen LogP contribution is -2.20. The third kappa shape index (κ3) is 4.02. The van der Waals surface area contributed by atoms with Gasteiger partial charge in [-0.2, -0.15) is 0 Å². The average Bonchev–Trinajstić information content (AvgIpc) is 2.47. The summed E-state index contributed by atoms with van der Waals surface area (Å²) >= 11 is 9.45. The molecule has 0 saturated heterocycles. The smallest absolute Gasteiger partial charge is 0.159 e. The van der Waals surface area contributed by atoms with E-state index in [1.54, 1.807) is 0 Å². The molecule has 0 bridgehead atoms. The fourth-order valence-electron chi connectivity index (χ4n) is 2.15. The van der Waals surface area contributed by atoms with E-state index in [0.29, 0.717) is 5.02 Å². The molecule has 1 atom stereocenters. The number of rotatable bonds is 5. The molecule has 0 aliphatic heterocycles. The van der Waals surface area contributed by atoms with Gasteiger partial charge >= 0.3 is 0 Å². The molecule has 1 aromatic carbocycles. The van der Waals surface area contributed by atoms with E-state index in [1.165, 1.54) is 0 Å². The second-order valence-electron chi connectivity index (χ2n) is 5.04. The zero-order valence-electron chi connectivity index (χ0n) is 12.5. The highest BCUT2D eigenvalue weighted by atomic mass is 79.9. The highest BCUT2D eigenvalue weighted by Gasteiger charge is 2.11. The van der Waals surface area contributed by atoms with Crippen LogP contribution in [0.25, 0.3) is 11.4 Å². The highest BCUT2D eigenvalue weighted by molar-refractivity contribution is 9.10. The summed E-state index contributed by atoms with van der Waals surface area (Å²) in [5, 5.41) is 4.14. The van der Waals surface area contributed by atoms with Crippen LogP contribution in [-0.2, 0) is 0 Å². The van der Waals surface area contributed by atoms with Crippen molar-refractivity contribution in [2.45, 2.75) is 33.2 Å². The molecular formula is C16H19BrClN3. The fraction of sp³-hybridized carbons (Fsp3) is 0.375. The van der Waals surface area contributed by atoms with Crippen molar-refractivity contribution in [3.63, 3.8) is 0 Å². The molecular weight excluding hydrogens is 350 g/mol. The van der Waals surface area contributed by atoms with E-state index >= 15 is 0 Å². The van der Waals surface area contributed by atoms with Crippen LogP contribution < -0.4 is 5.32 Å². The zero-order chi connectivity index (χ0) is 15.4. The van der Waals surface area contributed by atoms with Crippen LogP contribution in [0, 0.1) is 6.92 Å². The Morgan fingerprint density at radius 1 is 1.38 bits per heavy atom. The summed E-state index contributed by atoms with van der Waals surface area (Å²) in [5.74, 6) is 0.719. The van der Waals surface area contributed by atoms with E-state index in [1.807, 2.05) is 31.3 Å². The minimum Gasteiger partial charge on any atom is -0.310 e. The van der Waals surface area contributed by atoms with Gasteiger partial charge in [0.25, 0.3) is 0 Å². The van der Waals surface area contributed by atoms with Gasteiger partial charge in [0.1, 0.15) is 0 Å². The van der Waals surface area contributed by atoms with Crippen molar-refractivity contribution in [2.75, 3.05) is 6.54 Å². The molecule has 0 fully saturated rings. The average molecular weight is 369 g/mol. The second-order valence-corrected chi connectivity index (χ2v) is 6.30. The predicted molar refractivity (Wildman–Crippen MR) is 91.6 cm³/mol. The molecule has 21 heavy (non-hydrogen) atoms. The standard InChI is InChI=1S/C16H19BrClN3/c1-4-7-19-10(2)13-9-20-16(21-11(13)3)12-5-6-15(18)14(17)8-12/h5-6,8-10,19H,4,7H2,1-3H3. The van der Waals surface area contributed by atoms with Crippen molar-refractivity contribution in [3.05, 3.63) is 45.1 Å². The number of benzene rings is 1. The largest absolute Gasteiger partial charge is 0.310 e. The molecule has 5 heteroatoms. The highest BCUT2D eigenvalue weighted by Crippen LogP contribution is 2.28. The Balaban J connectivity index is 2.27. The van der Waals surface area contributed by atoms with Crippen LogP contribution >= 0.6 is 27.5 Å². The molecule has 1 heterocycles. The molecule has 1 unspecified atom stereocenters. The third-order valence-electron chi connectivity index (χ3n) is 3.36. The van der Waals surface area contributed by atoms with E-state index in [-0.39, 0.29) is 6.04 Å². The summed E-state index contributed by atoms with van der Waals surface area (Å²) in [4.78, 5) is 9.12. The molecule has 0 saturated carbocycles. The lowest BCUT2D eigenvalue weighted by Gasteiger charge is -2.15. The maximum absolute atomic E-state index is 6.02. The number of aryl methyl sites for hydroxylation is 1. The first kappa shape index (κ1) is 16.4. The number of nitrogens with zero attached hydrogens (tertiary/aromatic N) is 2. The Kier molecular flexibility index (Phi) is 5.73. The Morgan fingerprint density at radius 3 is 2.76 bits per heavy atom. The van der Waals surface area contributed by atoms with Crippen molar-refractivity contribution in [1.82, 2.24) is 15.3 Å². The minimum atomic E-state index is 0.260. The second kappa shape index (κ2) is 7.34. The van der Waals surface area contributed by atoms with Crippen molar-refractivity contribution in [2.24, 2.45) is 0 Å². The molecule has 0 aliphatic carbocycles. The lowest BCUT2D eigenvalue weighted by molar-refractivity contribution is 0.564. The third-order valence-corrected chi connectivity index (χ3v) is 4.58. The van der Waals surface area contributed by atoms with Gasteiger partial charge in [-0.05, 0) is 60.9 Å². The van der Waals surface area contributed by atoms with E-state index in [4.69, 9.17) is 11.6 Å². The van der Waals surface area contributed by atoms with Gasteiger partial charge in [0.2, 0.25) is 0 Å². The maximum atomic E-state index is 6.02. The van der Waals surface area contributed by atoms with Crippen molar-refractivity contribution >= 4 is 27.5 Å². The first-order valence-corrected chi connectivity index (χ1v) is 8.22. The molecule has 0 aliphatic rings. The molecule has 2 aromatic rings. The van der Waals surface area contributed by atoms with Crippen LogP contribution in [0.1, 0.15) is 37.6 Å². The predicted octanol–water partition coefficient (Wildman–Crippen LogP) is 4.93. The first-order chi connectivity index (χ1) is 10.0. The molecule has 0 radical (unpaired) electrons. The molecule has 0 spiro atoms. The lowest BCUT2D eigenvalue weighted by atomic mass is 10.1. The van der Waals surface area contributed by atoms with Crippen LogP contribution in [0.2, 0.25) is 5.02 Å². The van der Waals surface area contributed by atoms with Gasteiger partial charge < -0.3 is 5.32 Å². The first-order valence-electron chi connectivity index (χ1n) is 7.05. The van der Waals surface area contributed by atoms with Gasteiger partial charge in [0.05, 0.1) is 5.02 Å². The molecule has 1 aromatic heterocycles. The summed E-state index contributed by atoms with van der Waals surface area (Å²) in [6, 6.07) is 5.98. The van der Waals surface area contributed by atoms with Gasteiger partial charge in [-0.1, -0.05) is 18.5 Å². The van der Waals surface area contributed by atoms with Gasteiger partial charge in [-0.25, -0.2) is 9.97 Å². The molecule has 1 N–H and O–H groups in total. The van der Waals surface area contributed by atoms with Gasteiger partial charge in [-0.15, -0.1) is 0 Å². The van der Waals surface area contributed by atoms with Crippen LogP contribution in [0.5, 0.6) is 0 Å². The number of nitrogens with one attached hydrogen (secondary N) is 1. The van der Waals surface area contributed by atoms with E-state index in [2.05, 4.69) is 45.1 Å². The normalized spacial score (nSPS) is 12.4. The number of halogens is 2. The Hall–Kier alpha value is -0.970. The van der Waals surface area contributed by atoms with Crippen LogP contribution in [0.4, 0.5) is 0 Å². The monoisotopic (exact) mass is 367 g/mol. The van der Waals surface area contributed by atoms with Crippen LogP contribution in [-0.4, -0.2) is 16.5 Å². The molecule has 112 valence electrons. The van der Waals surface area contributed by atoms with Gasteiger partial charge in [0, 0.05) is 33.5 Å². The number of hydrogen-bond acceptors (Lipinski definition) is 3. The molecule has 3 nitrogen and oxygen atoms in total. The Morgan fingerprint density at radius 2 is 2.14 bits per heavy atom. The van der Waals surface area contributed by atoms with Crippen molar-refractivity contribution < 1.29 is 0 Å².